The van der Waals surface area contributed by atoms with E-state index in [9.17, 15) is 5.26 Å². The Balaban J connectivity index is 2.11. The molecule has 2 aliphatic rings. The number of ether oxygens (including phenoxy) is 1. The standard InChI is InChI=1S/C14H16N2O/c15-9-10-5-6-12-11(3-1-7-16-12)14(10)13-4-2-8-17-13/h5-6,13,16H,1-4,7-8H2. The van der Waals surface area contributed by atoms with Crippen LogP contribution in [0.2, 0.25) is 0 Å². The molecule has 0 spiro atoms. The molecular weight excluding hydrogens is 212 g/mol. The molecule has 2 heterocycles. The Morgan fingerprint density at radius 3 is 3.06 bits per heavy atom. The maximum Gasteiger partial charge on any atom is 0.0995 e. The van der Waals surface area contributed by atoms with Crippen LogP contribution in [0.25, 0.3) is 0 Å². The highest BCUT2D eigenvalue weighted by atomic mass is 16.5. The van der Waals surface area contributed by atoms with Crippen molar-refractivity contribution in [3.63, 3.8) is 0 Å². The number of fused-ring (bicyclic) bond motifs is 1. The van der Waals surface area contributed by atoms with Crippen molar-refractivity contribution in [3.05, 3.63) is 28.8 Å². The molecule has 1 aromatic rings. The van der Waals surface area contributed by atoms with Crippen molar-refractivity contribution in [2.24, 2.45) is 0 Å². The fraction of sp³-hybridized carbons (Fsp3) is 0.500. The third-order valence-corrected chi connectivity index (χ3v) is 3.65. The lowest BCUT2D eigenvalue weighted by Gasteiger charge is -2.24. The number of nitrogens with one attached hydrogen (secondary N) is 1. The average molecular weight is 228 g/mol. The minimum absolute atomic E-state index is 0.138. The first kappa shape index (κ1) is 10.6. The summed E-state index contributed by atoms with van der Waals surface area (Å²) in [6, 6.07) is 6.27. The van der Waals surface area contributed by atoms with Gasteiger partial charge in [0.1, 0.15) is 0 Å². The van der Waals surface area contributed by atoms with Crippen LogP contribution in [0.3, 0.4) is 0 Å². The fourth-order valence-corrected chi connectivity index (χ4v) is 2.86. The van der Waals surface area contributed by atoms with E-state index >= 15 is 0 Å². The van der Waals surface area contributed by atoms with E-state index in [4.69, 9.17) is 4.74 Å². The van der Waals surface area contributed by atoms with Crippen LogP contribution < -0.4 is 5.32 Å². The number of hydrogen-bond donors (Lipinski definition) is 1. The molecule has 88 valence electrons. The smallest absolute Gasteiger partial charge is 0.0995 e. The molecule has 0 saturated carbocycles. The molecule has 3 rings (SSSR count). The Morgan fingerprint density at radius 2 is 2.29 bits per heavy atom. The van der Waals surface area contributed by atoms with Gasteiger partial charge in [-0.1, -0.05) is 0 Å². The van der Waals surface area contributed by atoms with Gasteiger partial charge in [-0.2, -0.15) is 5.26 Å². The highest BCUT2D eigenvalue weighted by Gasteiger charge is 2.26. The molecule has 0 aliphatic carbocycles. The molecule has 0 amide bonds. The van der Waals surface area contributed by atoms with Gasteiger partial charge < -0.3 is 10.1 Å². The second kappa shape index (κ2) is 4.38. The van der Waals surface area contributed by atoms with Gasteiger partial charge in [-0.3, -0.25) is 0 Å². The first-order valence-electron chi connectivity index (χ1n) is 6.31. The molecule has 0 radical (unpaired) electrons. The molecule has 1 N–H and O–H groups in total. The van der Waals surface area contributed by atoms with E-state index in [0.717, 1.165) is 50.0 Å². The fourth-order valence-electron chi connectivity index (χ4n) is 2.86. The number of benzene rings is 1. The zero-order chi connectivity index (χ0) is 11.7. The molecule has 1 saturated heterocycles. The largest absolute Gasteiger partial charge is 0.385 e. The second-order valence-corrected chi connectivity index (χ2v) is 4.70. The minimum atomic E-state index is 0.138. The minimum Gasteiger partial charge on any atom is -0.385 e. The van der Waals surface area contributed by atoms with E-state index in [1.807, 2.05) is 12.1 Å². The Bertz CT molecular complexity index is 470. The predicted molar refractivity (Wildman–Crippen MR) is 65.9 cm³/mol. The van der Waals surface area contributed by atoms with Gasteiger partial charge in [-0.05, 0) is 43.4 Å². The van der Waals surface area contributed by atoms with E-state index in [2.05, 4.69) is 11.4 Å². The zero-order valence-corrected chi connectivity index (χ0v) is 9.83. The van der Waals surface area contributed by atoms with Gasteiger partial charge in [0.05, 0.1) is 17.7 Å². The van der Waals surface area contributed by atoms with E-state index in [-0.39, 0.29) is 6.10 Å². The first-order valence-corrected chi connectivity index (χ1v) is 6.31. The Labute approximate surface area is 101 Å². The second-order valence-electron chi connectivity index (χ2n) is 4.70. The summed E-state index contributed by atoms with van der Waals surface area (Å²) in [7, 11) is 0. The van der Waals surface area contributed by atoms with Gasteiger partial charge in [-0.25, -0.2) is 0 Å². The van der Waals surface area contributed by atoms with Crippen LogP contribution >= 0.6 is 0 Å². The molecule has 1 aromatic carbocycles. The van der Waals surface area contributed by atoms with Crippen molar-refractivity contribution in [1.82, 2.24) is 0 Å². The number of rotatable bonds is 1. The quantitative estimate of drug-likeness (QED) is 0.803. The third-order valence-electron chi connectivity index (χ3n) is 3.65. The summed E-state index contributed by atoms with van der Waals surface area (Å²) < 4.78 is 5.77. The van der Waals surface area contributed by atoms with Crippen LogP contribution in [0.5, 0.6) is 0 Å². The number of nitriles is 1. The van der Waals surface area contributed by atoms with Crippen LogP contribution in [0.15, 0.2) is 12.1 Å². The van der Waals surface area contributed by atoms with Crippen molar-refractivity contribution in [2.75, 3.05) is 18.5 Å². The number of nitrogens with zero attached hydrogens (tertiary/aromatic N) is 1. The van der Waals surface area contributed by atoms with Crippen molar-refractivity contribution in [2.45, 2.75) is 31.8 Å². The number of anilines is 1. The van der Waals surface area contributed by atoms with Gasteiger partial charge in [0.2, 0.25) is 0 Å². The summed E-state index contributed by atoms with van der Waals surface area (Å²) in [6.45, 7) is 1.86. The maximum absolute atomic E-state index is 9.25. The zero-order valence-electron chi connectivity index (χ0n) is 9.83. The Hall–Kier alpha value is -1.53. The normalized spacial score (nSPS) is 22.6. The van der Waals surface area contributed by atoms with Crippen molar-refractivity contribution < 1.29 is 4.74 Å². The van der Waals surface area contributed by atoms with Gasteiger partial charge in [0.25, 0.3) is 0 Å². The highest BCUT2D eigenvalue weighted by Crippen LogP contribution is 2.37. The summed E-state index contributed by atoms with van der Waals surface area (Å²) in [4.78, 5) is 0. The van der Waals surface area contributed by atoms with Gasteiger partial charge in [-0.15, -0.1) is 0 Å². The lowest BCUT2D eigenvalue weighted by molar-refractivity contribution is 0.111. The molecule has 3 heteroatoms. The average Bonchev–Trinajstić information content (AvgIpc) is 2.91. The highest BCUT2D eigenvalue weighted by molar-refractivity contribution is 5.61. The van der Waals surface area contributed by atoms with E-state index < -0.39 is 0 Å². The molecule has 1 atom stereocenters. The maximum atomic E-state index is 9.25. The summed E-state index contributed by atoms with van der Waals surface area (Å²) in [5.41, 5.74) is 4.44. The van der Waals surface area contributed by atoms with Gasteiger partial charge in [0, 0.05) is 24.4 Å². The molecule has 17 heavy (non-hydrogen) atoms. The van der Waals surface area contributed by atoms with Crippen LogP contribution in [-0.4, -0.2) is 13.2 Å². The molecular formula is C14H16N2O. The van der Waals surface area contributed by atoms with E-state index in [1.165, 1.54) is 11.3 Å². The summed E-state index contributed by atoms with van der Waals surface area (Å²) in [5.74, 6) is 0. The van der Waals surface area contributed by atoms with E-state index in [1.54, 1.807) is 0 Å². The van der Waals surface area contributed by atoms with Crippen molar-refractivity contribution in [1.29, 1.82) is 5.26 Å². The monoisotopic (exact) mass is 228 g/mol. The molecule has 3 nitrogen and oxygen atoms in total. The number of hydrogen-bond acceptors (Lipinski definition) is 3. The topological polar surface area (TPSA) is 45.0 Å². The molecule has 0 bridgehead atoms. The van der Waals surface area contributed by atoms with Crippen molar-refractivity contribution >= 4 is 5.69 Å². The Morgan fingerprint density at radius 1 is 1.35 bits per heavy atom. The third kappa shape index (κ3) is 1.79. The summed E-state index contributed by atoms with van der Waals surface area (Å²) in [6.07, 6.45) is 4.49. The van der Waals surface area contributed by atoms with Gasteiger partial charge in [0.15, 0.2) is 0 Å². The SMILES string of the molecule is N#Cc1ccc2c(c1C1CCCO1)CCCN2. The molecule has 0 aromatic heterocycles. The summed E-state index contributed by atoms with van der Waals surface area (Å²) >= 11 is 0. The lowest BCUT2D eigenvalue weighted by Crippen LogP contribution is -2.16. The van der Waals surface area contributed by atoms with Crippen molar-refractivity contribution in [3.8, 4) is 6.07 Å². The van der Waals surface area contributed by atoms with Crippen LogP contribution in [0.4, 0.5) is 5.69 Å². The molecule has 1 unspecified atom stereocenters. The van der Waals surface area contributed by atoms with E-state index in [0.29, 0.717) is 0 Å². The molecule has 1 fully saturated rings. The molecule has 2 aliphatic heterocycles. The Kier molecular flexibility index (Phi) is 2.74. The summed E-state index contributed by atoms with van der Waals surface area (Å²) in [5, 5.41) is 12.7. The lowest BCUT2D eigenvalue weighted by atomic mass is 9.90. The van der Waals surface area contributed by atoms with Crippen LogP contribution in [-0.2, 0) is 11.2 Å². The van der Waals surface area contributed by atoms with Crippen LogP contribution in [0, 0.1) is 11.3 Å². The predicted octanol–water partition coefficient (Wildman–Crippen LogP) is 2.77. The van der Waals surface area contributed by atoms with Crippen LogP contribution in [0.1, 0.15) is 42.1 Å². The van der Waals surface area contributed by atoms with Gasteiger partial charge >= 0.3 is 0 Å². The first-order chi connectivity index (χ1) is 8.40.